The minimum Gasteiger partial charge on any atom is -0.379 e. The molecule has 4 nitrogen and oxygen atoms in total. The summed E-state index contributed by atoms with van der Waals surface area (Å²) in [6.07, 6.45) is 1.90. The summed E-state index contributed by atoms with van der Waals surface area (Å²) < 4.78 is 2.79. The summed E-state index contributed by atoms with van der Waals surface area (Å²) in [7, 11) is 1.86. The highest BCUT2D eigenvalue weighted by Gasteiger charge is 2.01. The fraction of sp³-hybridized carbons (Fsp3) is 0.273. The third-order valence-electron chi connectivity index (χ3n) is 2.30. The zero-order valence-electron chi connectivity index (χ0n) is 9.24. The fourth-order valence-corrected chi connectivity index (χ4v) is 1.96. The second-order valence-electron chi connectivity index (χ2n) is 3.70. The van der Waals surface area contributed by atoms with Crippen LogP contribution in [0.1, 0.15) is 11.3 Å². The Morgan fingerprint density at radius 2 is 2.25 bits per heavy atom. The number of hydrogen-bond donors (Lipinski definition) is 1. The zero-order chi connectivity index (χ0) is 11.5. The van der Waals surface area contributed by atoms with E-state index >= 15 is 0 Å². The van der Waals surface area contributed by atoms with E-state index in [2.05, 4.69) is 50.6 Å². The van der Waals surface area contributed by atoms with Crippen LogP contribution in [0, 0.1) is 6.92 Å². The number of aromatic nitrogens is 3. The molecule has 1 N–H and O–H groups in total. The molecule has 2 aromatic rings. The molecule has 0 aliphatic heterocycles. The first-order valence-corrected chi connectivity index (χ1v) is 5.79. The Morgan fingerprint density at radius 3 is 2.88 bits per heavy atom. The monoisotopic (exact) mass is 280 g/mol. The van der Waals surface area contributed by atoms with Crippen molar-refractivity contribution in [3.63, 3.8) is 0 Å². The molecule has 84 valence electrons. The summed E-state index contributed by atoms with van der Waals surface area (Å²) in [4.78, 5) is 0. The Hall–Kier alpha value is -1.36. The largest absolute Gasteiger partial charge is 0.379 e. The van der Waals surface area contributed by atoms with Gasteiger partial charge in [-0.15, -0.1) is 5.10 Å². The van der Waals surface area contributed by atoms with Crippen molar-refractivity contribution in [1.82, 2.24) is 15.0 Å². The summed E-state index contributed by atoms with van der Waals surface area (Å²) in [5.41, 5.74) is 3.26. The molecule has 0 saturated carbocycles. The average molecular weight is 281 g/mol. The lowest BCUT2D eigenvalue weighted by atomic mass is 10.2. The molecule has 16 heavy (non-hydrogen) atoms. The Bertz CT molecular complexity index is 492. The summed E-state index contributed by atoms with van der Waals surface area (Å²) in [5.74, 6) is 0. The number of halogens is 1. The van der Waals surface area contributed by atoms with Gasteiger partial charge in [0.05, 0.1) is 6.54 Å². The second-order valence-corrected chi connectivity index (χ2v) is 4.61. The first-order chi connectivity index (χ1) is 7.65. The predicted octanol–water partition coefficient (Wildman–Crippen LogP) is 2.50. The number of aryl methyl sites for hydroxylation is 2. The number of hydrogen-bond acceptors (Lipinski definition) is 3. The van der Waals surface area contributed by atoms with Crippen molar-refractivity contribution in [3.05, 3.63) is 40.1 Å². The van der Waals surface area contributed by atoms with E-state index in [9.17, 15) is 0 Å². The van der Waals surface area contributed by atoms with Crippen LogP contribution in [-0.2, 0) is 13.6 Å². The molecule has 1 heterocycles. The Kier molecular flexibility index (Phi) is 3.24. The number of nitrogens with zero attached hydrogens (tertiary/aromatic N) is 3. The van der Waals surface area contributed by atoms with Crippen molar-refractivity contribution < 1.29 is 0 Å². The van der Waals surface area contributed by atoms with Crippen LogP contribution >= 0.6 is 15.9 Å². The molecule has 5 heteroatoms. The SMILES string of the molecule is Cc1cc(Br)ccc1NCc1cn(C)nn1. The first-order valence-electron chi connectivity index (χ1n) is 5.00. The fourth-order valence-electron chi connectivity index (χ4n) is 1.49. The summed E-state index contributed by atoms with van der Waals surface area (Å²) >= 11 is 3.44. The molecule has 0 saturated heterocycles. The van der Waals surface area contributed by atoms with Gasteiger partial charge in [-0.3, -0.25) is 4.68 Å². The van der Waals surface area contributed by atoms with Crippen molar-refractivity contribution in [1.29, 1.82) is 0 Å². The molecule has 2 rings (SSSR count). The van der Waals surface area contributed by atoms with Gasteiger partial charge in [0.1, 0.15) is 5.69 Å². The number of rotatable bonds is 3. The molecule has 0 amide bonds. The lowest BCUT2D eigenvalue weighted by Gasteiger charge is -2.07. The molecule has 0 fully saturated rings. The first kappa shape index (κ1) is 11.1. The highest BCUT2D eigenvalue weighted by molar-refractivity contribution is 9.10. The standard InChI is InChI=1S/C11H13BrN4/c1-8-5-9(12)3-4-11(8)13-6-10-7-16(2)15-14-10/h3-5,7,13H,6H2,1-2H3. The van der Waals surface area contributed by atoms with Crippen LogP contribution in [0.15, 0.2) is 28.9 Å². The lowest BCUT2D eigenvalue weighted by Crippen LogP contribution is -2.01. The maximum Gasteiger partial charge on any atom is 0.102 e. The predicted molar refractivity (Wildman–Crippen MR) is 67.2 cm³/mol. The van der Waals surface area contributed by atoms with E-state index in [-0.39, 0.29) is 0 Å². The molecule has 0 unspecified atom stereocenters. The van der Waals surface area contributed by atoms with Gasteiger partial charge in [0.15, 0.2) is 0 Å². The average Bonchev–Trinajstić information content (AvgIpc) is 2.63. The topological polar surface area (TPSA) is 42.7 Å². The van der Waals surface area contributed by atoms with Gasteiger partial charge >= 0.3 is 0 Å². The molecular weight excluding hydrogens is 268 g/mol. The second kappa shape index (κ2) is 4.65. The van der Waals surface area contributed by atoms with Gasteiger partial charge < -0.3 is 5.32 Å². The van der Waals surface area contributed by atoms with E-state index in [0.717, 1.165) is 15.9 Å². The van der Waals surface area contributed by atoms with Gasteiger partial charge in [-0.1, -0.05) is 21.1 Å². The van der Waals surface area contributed by atoms with Crippen molar-refractivity contribution in [2.45, 2.75) is 13.5 Å². The van der Waals surface area contributed by atoms with E-state index < -0.39 is 0 Å². The third-order valence-corrected chi connectivity index (χ3v) is 2.79. The van der Waals surface area contributed by atoms with E-state index in [4.69, 9.17) is 0 Å². The van der Waals surface area contributed by atoms with E-state index in [1.54, 1.807) is 4.68 Å². The van der Waals surface area contributed by atoms with Gasteiger partial charge in [0.25, 0.3) is 0 Å². The third kappa shape index (κ3) is 2.61. The van der Waals surface area contributed by atoms with Gasteiger partial charge in [0.2, 0.25) is 0 Å². The normalized spacial score (nSPS) is 10.4. The highest BCUT2D eigenvalue weighted by atomic mass is 79.9. The summed E-state index contributed by atoms with van der Waals surface area (Å²) in [5, 5.41) is 11.2. The van der Waals surface area contributed by atoms with Crippen LogP contribution in [0.2, 0.25) is 0 Å². The summed E-state index contributed by atoms with van der Waals surface area (Å²) in [6.45, 7) is 2.76. The van der Waals surface area contributed by atoms with Crippen LogP contribution in [0.25, 0.3) is 0 Å². The van der Waals surface area contributed by atoms with Crippen LogP contribution in [0.4, 0.5) is 5.69 Å². The van der Waals surface area contributed by atoms with Gasteiger partial charge in [-0.2, -0.15) is 0 Å². The molecular formula is C11H13BrN4. The zero-order valence-corrected chi connectivity index (χ0v) is 10.8. The van der Waals surface area contributed by atoms with Gasteiger partial charge in [-0.05, 0) is 30.7 Å². The van der Waals surface area contributed by atoms with Gasteiger partial charge in [-0.25, -0.2) is 0 Å². The van der Waals surface area contributed by atoms with Crippen LogP contribution < -0.4 is 5.32 Å². The Balaban J connectivity index is 2.04. The quantitative estimate of drug-likeness (QED) is 0.940. The maximum absolute atomic E-state index is 4.02. The number of benzene rings is 1. The molecule has 0 atom stereocenters. The number of nitrogens with one attached hydrogen (secondary N) is 1. The molecule has 1 aromatic heterocycles. The lowest BCUT2D eigenvalue weighted by molar-refractivity contribution is 0.713. The van der Waals surface area contributed by atoms with Crippen LogP contribution in [0.3, 0.4) is 0 Å². The van der Waals surface area contributed by atoms with E-state index in [1.165, 1.54) is 5.56 Å². The Morgan fingerprint density at radius 1 is 1.44 bits per heavy atom. The molecule has 0 aliphatic carbocycles. The van der Waals surface area contributed by atoms with E-state index in [0.29, 0.717) is 6.54 Å². The molecule has 0 spiro atoms. The molecule has 1 aromatic carbocycles. The summed E-state index contributed by atoms with van der Waals surface area (Å²) in [6, 6.07) is 6.15. The van der Waals surface area contributed by atoms with Crippen LogP contribution in [-0.4, -0.2) is 15.0 Å². The van der Waals surface area contributed by atoms with Crippen molar-refractivity contribution in [2.24, 2.45) is 7.05 Å². The minimum absolute atomic E-state index is 0.691. The molecule has 0 aliphatic rings. The smallest absolute Gasteiger partial charge is 0.102 e. The van der Waals surface area contributed by atoms with Crippen molar-refractivity contribution in [2.75, 3.05) is 5.32 Å². The molecule has 0 radical (unpaired) electrons. The highest BCUT2D eigenvalue weighted by Crippen LogP contribution is 2.20. The van der Waals surface area contributed by atoms with Gasteiger partial charge in [0, 0.05) is 23.4 Å². The van der Waals surface area contributed by atoms with E-state index in [1.807, 2.05) is 19.3 Å². The number of anilines is 1. The van der Waals surface area contributed by atoms with Crippen molar-refractivity contribution in [3.8, 4) is 0 Å². The molecule has 0 bridgehead atoms. The Labute approximate surface area is 103 Å². The minimum atomic E-state index is 0.691. The maximum atomic E-state index is 4.02. The van der Waals surface area contributed by atoms with Crippen molar-refractivity contribution >= 4 is 21.6 Å². The van der Waals surface area contributed by atoms with Crippen LogP contribution in [0.5, 0.6) is 0 Å².